The summed E-state index contributed by atoms with van der Waals surface area (Å²) < 4.78 is 40.1. The lowest BCUT2D eigenvalue weighted by Crippen LogP contribution is -2.17. The lowest BCUT2D eigenvalue weighted by molar-refractivity contribution is -0.274. The maximum Gasteiger partial charge on any atom is 0.573 e. The van der Waals surface area contributed by atoms with E-state index < -0.39 is 12.1 Å². The molecule has 0 spiro atoms. The van der Waals surface area contributed by atoms with Crippen LogP contribution in [0.5, 0.6) is 5.75 Å². The topological polar surface area (TPSA) is 81.2 Å². The first-order chi connectivity index (χ1) is 9.39. The molecule has 0 amide bonds. The first kappa shape index (κ1) is 15.7. The van der Waals surface area contributed by atoms with Gasteiger partial charge in [-0.05, 0) is 18.4 Å². The third-order valence-corrected chi connectivity index (χ3v) is 2.48. The van der Waals surface area contributed by atoms with E-state index in [1.807, 2.05) is 0 Å². The van der Waals surface area contributed by atoms with E-state index in [9.17, 15) is 13.2 Å². The highest BCUT2D eigenvalue weighted by atomic mass is 32.2. The number of hydrogen-bond acceptors (Lipinski definition) is 5. The SMILES string of the molecule is CSC(=Nc1cc(OC(F)(F)F)ccc1C#N)NC#N. The molecule has 20 heavy (non-hydrogen) atoms. The molecular weight excluding hydrogens is 293 g/mol. The molecule has 1 N–H and O–H groups in total. The van der Waals surface area contributed by atoms with Crippen molar-refractivity contribution in [1.82, 2.24) is 5.32 Å². The van der Waals surface area contributed by atoms with Crippen molar-refractivity contribution in [2.75, 3.05) is 6.26 Å². The molecule has 0 aliphatic rings. The molecule has 0 radical (unpaired) electrons. The van der Waals surface area contributed by atoms with Gasteiger partial charge in [0.25, 0.3) is 0 Å². The Hall–Kier alpha value is -2.39. The molecule has 0 atom stereocenters. The number of nitriles is 2. The molecule has 0 saturated carbocycles. The molecule has 0 saturated heterocycles. The third kappa shape index (κ3) is 4.71. The first-order valence-electron chi connectivity index (χ1n) is 4.97. The van der Waals surface area contributed by atoms with E-state index in [1.54, 1.807) is 18.5 Å². The molecule has 1 aromatic carbocycles. The van der Waals surface area contributed by atoms with Gasteiger partial charge in [0.1, 0.15) is 11.8 Å². The van der Waals surface area contributed by atoms with E-state index in [1.165, 1.54) is 0 Å². The van der Waals surface area contributed by atoms with E-state index in [-0.39, 0.29) is 16.4 Å². The Morgan fingerprint density at radius 1 is 1.40 bits per heavy atom. The zero-order valence-corrected chi connectivity index (χ0v) is 10.8. The van der Waals surface area contributed by atoms with E-state index >= 15 is 0 Å². The summed E-state index contributed by atoms with van der Waals surface area (Å²) in [7, 11) is 0. The minimum absolute atomic E-state index is 0.0265. The van der Waals surface area contributed by atoms with Crippen LogP contribution < -0.4 is 10.1 Å². The molecule has 0 heterocycles. The number of alkyl halides is 3. The van der Waals surface area contributed by atoms with Crippen molar-refractivity contribution in [2.24, 2.45) is 4.99 Å². The zero-order chi connectivity index (χ0) is 15.2. The Balaban J connectivity index is 3.20. The summed E-state index contributed by atoms with van der Waals surface area (Å²) in [5, 5.41) is 19.8. The summed E-state index contributed by atoms with van der Waals surface area (Å²) in [6.07, 6.45) is -1.58. The molecule has 0 fully saturated rings. The number of thioether (sulfide) groups is 1. The average molecular weight is 300 g/mol. The zero-order valence-electron chi connectivity index (χ0n) is 10.0. The number of nitrogens with zero attached hydrogens (tertiary/aromatic N) is 3. The summed E-state index contributed by atoms with van der Waals surface area (Å²) in [6, 6.07) is 4.94. The molecule has 0 aliphatic heterocycles. The lowest BCUT2D eigenvalue weighted by atomic mass is 10.2. The Morgan fingerprint density at radius 3 is 2.60 bits per heavy atom. The van der Waals surface area contributed by atoms with Crippen LogP contribution in [0.1, 0.15) is 5.56 Å². The van der Waals surface area contributed by atoms with Gasteiger partial charge in [0.15, 0.2) is 11.4 Å². The van der Waals surface area contributed by atoms with Crippen LogP contribution >= 0.6 is 11.8 Å². The van der Waals surface area contributed by atoms with Crippen LogP contribution in [0.3, 0.4) is 0 Å². The normalized spacial score (nSPS) is 11.4. The fourth-order valence-corrected chi connectivity index (χ4v) is 1.51. The van der Waals surface area contributed by atoms with Gasteiger partial charge in [-0.15, -0.1) is 13.2 Å². The molecule has 0 aliphatic carbocycles. The number of aliphatic imine (C=N–C) groups is 1. The largest absolute Gasteiger partial charge is 0.573 e. The Kier molecular flexibility index (Phi) is 5.23. The number of nitrogens with one attached hydrogen (secondary N) is 1. The highest BCUT2D eigenvalue weighted by molar-refractivity contribution is 8.13. The fraction of sp³-hybridized carbons (Fsp3) is 0.182. The number of benzene rings is 1. The summed E-state index contributed by atoms with van der Waals surface area (Å²) in [5.74, 6) is -0.493. The number of halogens is 3. The monoisotopic (exact) mass is 300 g/mol. The van der Waals surface area contributed by atoms with E-state index in [0.717, 1.165) is 30.0 Å². The van der Waals surface area contributed by atoms with Crippen LogP contribution in [0.2, 0.25) is 0 Å². The van der Waals surface area contributed by atoms with E-state index in [4.69, 9.17) is 10.5 Å². The summed E-state index contributed by atoms with van der Waals surface area (Å²) >= 11 is 1.07. The second-order valence-corrected chi connectivity index (χ2v) is 3.99. The van der Waals surface area contributed by atoms with Crippen LogP contribution in [0, 0.1) is 22.8 Å². The highest BCUT2D eigenvalue weighted by Gasteiger charge is 2.31. The van der Waals surface area contributed by atoms with Crippen molar-refractivity contribution in [2.45, 2.75) is 6.36 Å². The van der Waals surface area contributed by atoms with Crippen LogP contribution in [0.15, 0.2) is 23.2 Å². The third-order valence-electron chi connectivity index (χ3n) is 1.90. The molecule has 5 nitrogen and oxygen atoms in total. The minimum atomic E-state index is -4.83. The standard InChI is InChI=1S/C11H7F3N4OS/c1-20-10(17-6-16)18-9-4-8(19-11(12,13)14)3-2-7(9)5-15/h2-4H,1H3,(H,17,18). The van der Waals surface area contributed by atoms with Crippen LogP contribution in [0.4, 0.5) is 18.9 Å². The van der Waals surface area contributed by atoms with Gasteiger partial charge in [0, 0.05) is 6.07 Å². The molecule has 0 bridgehead atoms. The first-order valence-corrected chi connectivity index (χ1v) is 6.19. The maximum absolute atomic E-state index is 12.1. The molecule has 0 unspecified atom stereocenters. The average Bonchev–Trinajstić information content (AvgIpc) is 2.36. The van der Waals surface area contributed by atoms with Gasteiger partial charge in [0.2, 0.25) is 0 Å². The number of amidine groups is 1. The summed E-state index contributed by atoms with van der Waals surface area (Å²) in [5.41, 5.74) is 0.0344. The lowest BCUT2D eigenvalue weighted by Gasteiger charge is -2.10. The van der Waals surface area contributed by atoms with Crippen molar-refractivity contribution in [1.29, 1.82) is 10.5 Å². The van der Waals surface area contributed by atoms with Crippen molar-refractivity contribution in [3.63, 3.8) is 0 Å². The number of ether oxygens (including phenoxy) is 1. The van der Waals surface area contributed by atoms with Crippen molar-refractivity contribution < 1.29 is 17.9 Å². The smallest absolute Gasteiger partial charge is 0.406 e. The number of rotatable bonds is 2. The van der Waals surface area contributed by atoms with Crippen LogP contribution in [-0.4, -0.2) is 17.8 Å². The Labute approximate surface area is 116 Å². The maximum atomic E-state index is 12.1. The summed E-state index contributed by atoms with van der Waals surface area (Å²) in [6.45, 7) is 0. The van der Waals surface area contributed by atoms with Gasteiger partial charge < -0.3 is 4.74 Å². The Morgan fingerprint density at radius 2 is 2.10 bits per heavy atom. The van der Waals surface area contributed by atoms with Gasteiger partial charge >= 0.3 is 6.36 Å². The fourth-order valence-electron chi connectivity index (χ4n) is 1.18. The second-order valence-electron chi connectivity index (χ2n) is 3.20. The highest BCUT2D eigenvalue weighted by Crippen LogP contribution is 2.29. The van der Waals surface area contributed by atoms with E-state index in [0.29, 0.717) is 0 Å². The second kappa shape index (κ2) is 6.68. The van der Waals surface area contributed by atoms with Crippen molar-refractivity contribution >= 4 is 22.6 Å². The predicted octanol–water partition coefficient (Wildman–Crippen LogP) is 2.88. The van der Waals surface area contributed by atoms with Crippen LogP contribution in [0.25, 0.3) is 0 Å². The van der Waals surface area contributed by atoms with Gasteiger partial charge in [-0.1, -0.05) is 11.8 Å². The summed E-state index contributed by atoms with van der Waals surface area (Å²) in [4.78, 5) is 3.90. The van der Waals surface area contributed by atoms with Gasteiger partial charge in [0.05, 0.1) is 11.3 Å². The van der Waals surface area contributed by atoms with E-state index in [2.05, 4.69) is 15.0 Å². The van der Waals surface area contributed by atoms with Crippen molar-refractivity contribution in [3.8, 4) is 18.0 Å². The molecule has 1 rings (SSSR count). The molecule has 9 heteroatoms. The van der Waals surface area contributed by atoms with Gasteiger partial charge in [-0.2, -0.15) is 10.5 Å². The number of hydrogen-bond donors (Lipinski definition) is 1. The van der Waals surface area contributed by atoms with Gasteiger partial charge in [-0.3, -0.25) is 5.32 Å². The molecule has 104 valence electrons. The van der Waals surface area contributed by atoms with Crippen molar-refractivity contribution in [3.05, 3.63) is 23.8 Å². The minimum Gasteiger partial charge on any atom is -0.406 e. The molecular formula is C11H7F3N4OS. The quantitative estimate of drug-likeness (QED) is 0.393. The van der Waals surface area contributed by atoms with Crippen LogP contribution in [-0.2, 0) is 0 Å². The Bertz CT molecular complexity index is 601. The van der Waals surface area contributed by atoms with Gasteiger partial charge in [-0.25, -0.2) is 4.99 Å². The molecule has 0 aromatic heterocycles. The molecule has 1 aromatic rings. The predicted molar refractivity (Wildman–Crippen MR) is 67.2 cm³/mol.